The van der Waals surface area contributed by atoms with Crippen LogP contribution in [0.25, 0.3) is 6.08 Å². The predicted octanol–water partition coefficient (Wildman–Crippen LogP) is 2.77. The lowest BCUT2D eigenvalue weighted by atomic mass is 10.2. The van der Waals surface area contributed by atoms with E-state index in [4.69, 9.17) is 4.74 Å². The number of hydrogen-bond acceptors (Lipinski definition) is 2. The summed E-state index contributed by atoms with van der Waals surface area (Å²) in [5, 5.41) is 2.72. The number of carbonyl (C=O) groups is 1. The van der Waals surface area contributed by atoms with Gasteiger partial charge in [-0.3, -0.25) is 4.79 Å². The summed E-state index contributed by atoms with van der Waals surface area (Å²) in [6.07, 6.45) is 3.77. The maximum atomic E-state index is 13.3. The molecule has 0 heterocycles. The van der Waals surface area contributed by atoms with Crippen molar-refractivity contribution in [1.29, 1.82) is 0 Å². The summed E-state index contributed by atoms with van der Waals surface area (Å²) >= 11 is 0. The summed E-state index contributed by atoms with van der Waals surface area (Å²) in [7, 11) is 0. The SMILES string of the molecule is CC(C)OCCCNC(=O)/C=C/c1ccccc1F. The molecule has 3 nitrogen and oxygen atoms in total. The van der Waals surface area contributed by atoms with Crippen LogP contribution in [0.3, 0.4) is 0 Å². The van der Waals surface area contributed by atoms with Crippen molar-refractivity contribution in [3.05, 3.63) is 41.7 Å². The minimum Gasteiger partial charge on any atom is -0.379 e. The van der Waals surface area contributed by atoms with E-state index in [2.05, 4.69) is 5.32 Å². The van der Waals surface area contributed by atoms with E-state index < -0.39 is 0 Å². The van der Waals surface area contributed by atoms with Crippen LogP contribution in [0.5, 0.6) is 0 Å². The Morgan fingerprint density at radius 1 is 1.42 bits per heavy atom. The van der Waals surface area contributed by atoms with E-state index in [1.165, 1.54) is 18.2 Å². The standard InChI is InChI=1S/C15H20FNO2/c1-12(2)19-11-5-10-17-15(18)9-8-13-6-3-4-7-14(13)16/h3-4,6-9,12H,5,10-11H2,1-2H3,(H,17,18)/b9-8+. The molecule has 4 heteroatoms. The number of amides is 1. The molecule has 0 aliphatic carbocycles. The van der Waals surface area contributed by atoms with Crippen LogP contribution in [0, 0.1) is 5.82 Å². The fourth-order valence-electron chi connectivity index (χ4n) is 1.44. The first-order valence-corrected chi connectivity index (χ1v) is 6.41. The first-order chi connectivity index (χ1) is 9.09. The monoisotopic (exact) mass is 265 g/mol. The fourth-order valence-corrected chi connectivity index (χ4v) is 1.44. The fraction of sp³-hybridized carbons (Fsp3) is 0.400. The summed E-state index contributed by atoms with van der Waals surface area (Å²) < 4.78 is 18.6. The van der Waals surface area contributed by atoms with Gasteiger partial charge in [-0.2, -0.15) is 0 Å². The van der Waals surface area contributed by atoms with Gasteiger partial charge in [-0.05, 0) is 32.4 Å². The second-order valence-corrected chi connectivity index (χ2v) is 4.42. The molecule has 0 saturated heterocycles. The van der Waals surface area contributed by atoms with Crippen LogP contribution in [0.15, 0.2) is 30.3 Å². The Bertz CT molecular complexity index is 430. The lowest BCUT2D eigenvalue weighted by molar-refractivity contribution is -0.116. The van der Waals surface area contributed by atoms with E-state index in [9.17, 15) is 9.18 Å². The average Bonchev–Trinajstić information content (AvgIpc) is 2.37. The highest BCUT2D eigenvalue weighted by atomic mass is 19.1. The van der Waals surface area contributed by atoms with Gasteiger partial charge in [0.05, 0.1) is 6.10 Å². The van der Waals surface area contributed by atoms with E-state index in [-0.39, 0.29) is 17.8 Å². The number of ether oxygens (including phenoxy) is 1. The van der Waals surface area contributed by atoms with E-state index in [1.54, 1.807) is 18.2 Å². The zero-order valence-electron chi connectivity index (χ0n) is 11.4. The molecule has 0 aliphatic heterocycles. The van der Waals surface area contributed by atoms with E-state index in [0.717, 1.165) is 6.42 Å². The van der Waals surface area contributed by atoms with Gasteiger partial charge in [-0.1, -0.05) is 18.2 Å². The Morgan fingerprint density at radius 3 is 2.84 bits per heavy atom. The molecule has 0 aromatic heterocycles. The van der Waals surface area contributed by atoms with Gasteiger partial charge in [0.15, 0.2) is 0 Å². The van der Waals surface area contributed by atoms with Gasteiger partial charge < -0.3 is 10.1 Å². The quantitative estimate of drug-likeness (QED) is 0.608. The lowest BCUT2D eigenvalue weighted by Gasteiger charge is -2.07. The normalized spacial score (nSPS) is 11.2. The first kappa shape index (κ1) is 15.4. The van der Waals surface area contributed by atoms with Crippen molar-refractivity contribution >= 4 is 12.0 Å². The van der Waals surface area contributed by atoms with Gasteiger partial charge in [0.1, 0.15) is 5.82 Å². The Balaban J connectivity index is 2.26. The summed E-state index contributed by atoms with van der Waals surface area (Å²) in [6, 6.07) is 6.32. The molecule has 0 unspecified atom stereocenters. The molecule has 19 heavy (non-hydrogen) atoms. The van der Waals surface area contributed by atoms with Crippen molar-refractivity contribution < 1.29 is 13.9 Å². The van der Waals surface area contributed by atoms with E-state index in [0.29, 0.717) is 18.7 Å². The highest BCUT2D eigenvalue weighted by Gasteiger charge is 1.98. The summed E-state index contributed by atoms with van der Waals surface area (Å²) in [4.78, 5) is 11.5. The molecule has 0 spiro atoms. The van der Waals surface area contributed by atoms with Crippen LogP contribution < -0.4 is 5.32 Å². The zero-order valence-corrected chi connectivity index (χ0v) is 11.4. The minimum atomic E-state index is -0.336. The summed E-state index contributed by atoms with van der Waals surface area (Å²) in [5.41, 5.74) is 0.404. The molecule has 1 rings (SSSR count). The van der Waals surface area contributed by atoms with Gasteiger partial charge >= 0.3 is 0 Å². The van der Waals surface area contributed by atoms with Crippen molar-refractivity contribution in [3.63, 3.8) is 0 Å². The van der Waals surface area contributed by atoms with Gasteiger partial charge in [-0.25, -0.2) is 4.39 Å². The second kappa shape index (κ2) is 8.43. The van der Waals surface area contributed by atoms with Crippen molar-refractivity contribution in [2.45, 2.75) is 26.4 Å². The van der Waals surface area contributed by atoms with Gasteiger partial charge in [-0.15, -0.1) is 0 Å². The Hall–Kier alpha value is -1.68. The van der Waals surface area contributed by atoms with Crippen LogP contribution in [-0.2, 0) is 9.53 Å². The third kappa shape index (κ3) is 6.72. The highest BCUT2D eigenvalue weighted by molar-refractivity contribution is 5.91. The average molecular weight is 265 g/mol. The topological polar surface area (TPSA) is 38.3 Å². The molecule has 1 amide bonds. The molecular formula is C15H20FNO2. The molecule has 0 atom stereocenters. The number of halogens is 1. The van der Waals surface area contributed by atoms with Gasteiger partial charge in [0.25, 0.3) is 0 Å². The van der Waals surface area contributed by atoms with Crippen molar-refractivity contribution in [3.8, 4) is 0 Å². The molecule has 0 aliphatic rings. The molecule has 0 radical (unpaired) electrons. The highest BCUT2D eigenvalue weighted by Crippen LogP contribution is 2.07. The van der Waals surface area contributed by atoms with Crippen LogP contribution in [0.2, 0.25) is 0 Å². The zero-order chi connectivity index (χ0) is 14.1. The van der Waals surface area contributed by atoms with Gasteiger partial charge in [0.2, 0.25) is 5.91 Å². The number of benzene rings is 1. The largest absolute Gasteiger partial charge is 0.379 e. The Morgan fingerprint density at radius 2 is 2.16 bits per heavy atom. The van der Waals surface area contributed by atoms with Crippen LogP contribution in [-0.4, -0.2) is 25.2 Å². The molecule has 0 fully saturated rings. The predicted molar refractivity (Wildman–Crippen MR) is 74.1 cm³/mol. The third-order valence-electron chi connectivity index (χ3n) is 2.39. The van der Waals surface area contributed by atoms with Crippen molar-refractivity contribution in [2.75, 3.05) is 13.2 Å². The smallest absolute Gasteiger partial charge is 0.244 e. The molecular weight excluding hydrogens is 245 g/mol. The second-order valence-electron chi connectivity index (χ2n) is 4.42. The molecule has 1 N–H and O–H groups in total. The summed E-state index contributed by atoms with van der Waals surface area (Å²) in [5.74, 6) is -0.565. The molecule has 0 saturated carbocycles. The first-order valence-electron chi connectivity index (χ1n) is 6.41. The van der Waals surface area contributed by atoms with E-state index in [1.807, 2.05) is 13.8 Å². The maximum absolute atomic E-state index is 13.3. The third-order valence-corrected chi connectivity index (χ3v) is 2.39. The number of nitrogens with one attached hydrogen (secondary N) is 1. The maximum Gasteiger partial charge on any atom is 0.244 e. The molecule has 104 valence electrons. The Labute approximate surface area is 113 Å². The lowest BCUT2D eigenvalue weighted by Crippen LogP contribution is -2.23. The van der Waals surface area contributed by atoms with Gasteiger partial charge in [0, 0.05) is 24.8 Å². The summed E-state index contributed by atoms with van der Waals surface area (Å²) in [6.45, 7) is 5.10. The van der Waals surface area contributed by atoms with Crippen molar-refractivity contribution in [1.82, 2.24) is 5.32 Å². The molecule has 0 bridgehead atoms. The van der Waals surface area contributed by atoms with E-state index >= 15 is 0 Å². The van der Waals surface area contributed by atoms with Crippen LogP contribution >= 0.6 is 0 Å². The Kier molecular flexibility index (Phi) is 6.82. The van der Waals surface area contributed by atoms with Crippen molar-refractivity contribution in [2.24, 2.45) is 0 Å². The van der Waals surface area contributed by atoms with Crippen LogP contribution in [0.4, 0.5) is 4.39 Å². The number of rotatable bonds is 7. The molecule has 1 aromatic rings. The number of hydrogen-bond donors (Lipinski definition) is 1. The number of carbonyl (C=O) groups excluding carboxylic acids is 1. The minimum absolute atomic E-state index is 0.205. The van der Waals surface area contributed by atoms with Crippen LogP contribution in [0.1, 0.15) is 25.8 Å². The molecule has 1 aromatic carbocycles.